The van der Waals surface area contributed by atoms with Gasteiger partial charge in [-0.15, -0.1) is 0 Å². The van der Waals surface area contributed by atoms with E-state index in [1.807, 2.05) is 24.3 Å². The molecular formula is C18H25N5O2. The van der Waals surface area contributed by atoms with E-state index in [2.05, 4.69) is 27.2 Å². The first kappa shape index (κ1) is 17.4. The molecule has 0 bridgehead atoms. The average molecular weight is 343 g/mol. The molecule has 2 heterocycles. The second-order valence-corrected chi connectivity index (χ2v) is 6.66. The summed E-state index contributed by atoms with van der Waals surface area (Å²) in [7, 11) is 0. The highest BCUT2D eigenvalue weighted by Crippen LogP contribution is 2.22. The van der Waals surface area contributed by atoms with Gasteiger partial charge in [-0.25, -0.2) is 0 Å². The van der Waals surface area contributed by atoms with Crippen LogP contribution in [-0.4, -0.2) is 52.5 Å². The van der Waals surface area contributed by atoms with Crippen molar-refractivity contribution in [3.63, 3.8) is 0 Å². The standard InChI is InChI=1S/C18H25N5O2/c1-13-4-2-9-23(12-13)10-3-11-25-15-7-5-14(6-8-15)16-17(18(19)24)21-22-20-16/h5-8,13H,2-4,9-12H2,1H3,(H2,19,24)(H,20,21,22). The first-order chi connectivity index (χ1) is 12.1. The van der Waals surface area contributed by atoms with Crippen molar-refractivity contribution in [1.29, 1.82) is 0 Å². The number of nitrogens with two attached hydrogens (primary N) is 1. The third-order valence-corrected chi connectivity index (χ3v) is 4.54. The zero-order valence-corrected chi connectivity index (χ0v) is 14.6. The number of ether oxygens (including phenoxy) is 1. The Labute approximate surface area is 147 Å². The number of rotatable bonds is 7. The summed E-state index contributed by atoms with van der Waals surface area (Å²) >= 11 is 0. The first-order valence-corrected chi connectivity index (χ1v) is 8.79. The van der Waals surface area contributed by atoms with E-state index in [4.69, 9.17) is 10.5 Å². The summed E-state index contributed by atoms with van der Waals surface area (Å²) in [6.07, 6.45) is 3.67. The van der Waals surface area contributed by atoms with Crippen LogP contribution in [0.15, 0.2) is 24.3 Å². The monoisotopic (exact) mass is 343 g/mol. The Bertz CT molecular complexity index is 698. The second kappa shape index (κ2) is 8.11. The lowest BCUT2D eigenvalue weighted by Crippen LogP contribution is -2.35. The number of hydrogen-bond acceptors (Lipinski definition) is 5. The van der Waals surface area contributed by atoms with Gasteiger partial charge in [0.2, 0.25) is 0 Å². The van der Waals surface area contributed by atoms with Gasteiger partial charge in [0.15, 0.2) is 5.69 Å². The Morgan fingerprint density at radius 3 is 2.88 bits per heavy atom. The number of benzene rings is 1. The largest absolute Gasteiger partial charge is 0.494 e. The predicted molar refractivity (Wildman–Crippen MR) is 95.3 cm³/mol. The van der Waals surface area contributed by atoms with E-state index in [1.54, 1.807) is 0 Å². The Kier molecular flexibility index (Phi) is 5.65. The van der Waals surface area contributed by atoms with Gasteiger partial charge in [0.05, 0.1) is 6.61 Å². The van der Waals surface area contributed by atoms with Crippen LogP contribution in [0, 0.1) is 5.92 Å². The Hall–Kier alpha value is -2.41. The lowest BCUT2D eigenvalue weighted by molar-refractivity contribution is 0.0996. The van der Waals surface area contributed by atoms with Crippen LogP contribution in [0.2, 0.25) is 0 Å². The van der Waals surface area contributed by atoms with E-state index in [1.165, 1.54) is 25.9 Å². The maximum absolute atomic E-state index is 11.3. The molecule has 1 aliphatic rings. The van der Waals surface area contributed by atoms with E-state index < -0.39 is 5.91 Å². The van der Waals surface area contributed by atoms with Crippen molar-refractivity contribution in [2.45, 2.75) is 26.2 Å². The van der Waals surface area contributed by atoms with Crippen molar-refractivity contribution in [3.8, 4) is 17.0 Å². The lowest BCUT2D eigenvalue weighted by atomic mass is 10.0. The molecule has 0 spiro atoms. The number of carbonyl (C=O) groups is 1. The van der Waals surface area contributed by atoms with E-state index in [0.29, 0.717) is 12.3 Å². The van der Waals surface area contributed by atoms with Crippen molar-refractivity contribution in [2.24, 2.45) is 11.7 Å². The zero-order valence-electron chi connectivity index (χ0n) is 14.6. The van der Waals surface area contributed by atoms with Crippen LogP contribution in [0.5, 0.6) is 5.75 Å². The fourth-order valence-corrected chi connectivity index (χ4v) is 3.28. The van der Waals surface area contributed by atoms with E-state index >= 15 is 0 Å². The van der Waals surface area contributed by atoms with Crippen molar-refractivity contribution < 1.29 is 9.53 Å². The lowest BCUT2D eigenvalue weighted by Gasteiger charge is -2.30. The summed E-state index contributed by atoms with van der Waals surface area (Å²) in [4.78, 5) is 13.8. The highest BCUT2D eigenvalue weighted by Gasteiger charge is 2.16. The molecule has 0 aliphatic carbocycles. The average Bonchev–Trinajstić information content (AvgIpc) is 3.09. The van der Waals surface area contributed by atoms with Crippen molar-refractivity contribution in [3.05, 3.63) is 30.0 Å². The van der Waals surface area contributed by atoms with Crippen LogP contribution in [0.25, 0.3) is 11.3 Å². The number of likely N-dealkylation sites (tertiary alicyclic amines) is 1. The van der Waals surface area contributed by atoms with Gasteiger partial charge >= 0.3 is 0 Å². The third-order valence-electron chi connectivity index (χ3n) is 4.54. The highest BCUT2D eigenvalue weighted by atomic mass is 16.5. The topological polar surface area (TPSA) is 97.1 Å². The first-order valence-electron chi connectivity index (χ1n) is 8.79. The normalized spacial score (nSPS) is 18.2. The molecule has 2 aromatic rings. The van der Waals surface area contributed by atoms with Gasteiger partial charge in [-0.2, -0.15) is 15.4 Å². The quantitative estimate of drug-likeness (QED) is 0.750. The number of nitrogens with zero attached hydrogens (tertiary/aromatic N) is 3. The summed E-state index contributed by atoms with van der Waals surface area (Å²) in [5.74, 6) is 1.01. The summed E-state index contributed by atoms with van der Waals surface area (Å²) in [5, 5.41) is 10.2. The van der Waals surface area contributed by atoms with Crippen molar-refractivity contribution >= 4 is 5.91 Å². The molecule has 1 fully saturated rings. The Balaban J connectivity index is 1.48. The number of H-pyrrole nitrogens is 1. The molecule has 0 radical (unpaired) electrons. The Morgan fingerprint density at radius 2 is 2.16 bits per heavy atom. The van der Waals surface area contributed by atoms with Crippen LogP contribution in [-0.2, 0) is 0 Å². The fraction of sp³-hybridized carbons (Fsp3) is 0.500. The summed E-state index contributed by atoms with van der Waals surface area (Å²) in [6, 6.07) is 7.45. The zero-order chi connectivity index (χ0) is 17.6. The van der Waals surface area contributed by atoms with Gasteiger partial charge in [0.25, 0.3) is 5.91 Å². The number of carbonyl (C=O) groups excluding carboxylic acids is 1. The maximum atomic E-state index is 11.3. The molecule has 3 rings (SSSR count). The van der Waals surface area contributed by atoms with E-state index in [9.17, 15) is 4.79 Å². The summed E-state index contributed by atoms with van der Waals surface area (Å²) < 4.78 is 5.81. The van der Waals surface area contributed by atoms with Crippen LogP contribution < -0.4 is 10.5 Å². The van der Waals surface area contributed by atoms with Gasteiger partial charge in [-0.3, -0.25) is 4.79 Å². The minimum Gasteiger partial charge on any atom is -0.494 e. The minimum atomic E-state index is -0.601. The number of nitrogens with one attached hydrogen (secondary N) is 1. The molecule has 1 aliphatic heterocycles. The molecule has 1 unspecified atom stereocenters. The third kappa shape index (κ3) is 4.57. The van der Waals surface area contributed by atoms with Crippen LogP contribution >= 0.6 is 0 Å². The number of primary amides is 1. The second-order valence-electron chi connectivity index (χ2n) is 6.66. The molecule has 1 saturated heterocycles. The smallest absolute Gasteiger partial charge is 0.271 e. The van der Waals surface area contributed by atoms with Crippen LogP contribution in [0.4, 0.5) is 0 Å². The van der Waals surface area contributed by atoms with Gasteiger partial charge < -0.3 is 15.4 Å². The number of aromatic amines is 1. The van der Waals surface area contributed by atoms with E-state index in [-0.39, 0.29) is 5.69 Å². The molecule has 3 N–H and O–H groups in total. The van der Waals surface area contributed by atoms with Gasteiger partial charge in [0, 0.05) is 18.7 Å². The van der Waals surface area contributed by atoms with Gasteiger partial charge in [0.1, 0.15) is 11.4 Å². The SMILES string of the molecule is CC1CCCN(CCCOc2ccc(-c3n[nH]nc3C(N)=O)cc2)C1. The highest BCUT2D eigenvalue weighted by molar-refractivity contribution is 5.96. The van der Waals surface area contributed by atoms with Gasteiger partial charge in [-0.1, -0.05) is 6.92 Å². The number of hydrogen-bond donors (Lipinski definition) is 2. The number of amides is 1. The van der Waals surface area contributed by atoms with E-state index in [0.717, 1.165) is 30.2 Å². The molecule has 134 valence electrons. The maximum Gasteiger partial charge on any atom is 0.271 e. The predicted octanol–water partition coefficient (Wildman–Crippen LogP) is 2.07. The van der Waals surface area contributed by atoms with Crippen LogP contribution in [0.3, 0.4) is 0 Å². The molecular weight excluding hydrogens is 318 g/mol. The summed E-state index contributed by atoms with van der Waals surface area (Å²) in [6.45, 7) is 6.51. The Morgan fingerprint density at radius 1 is 1.36 bits per heavy atom. The molecule has 1 aromatic heterocycles. The molecule has 25 heavy (non-hydrogen) atoms. The van der Waals surface area contributed by atoms with Gasteiger partial charge in [-0.05, 0) is 56.0 Å². The molecule has 0 saturated carbocycles. The van der Waals surface area contributed by atoms with Crippen molar-refractivity contribution in [2.75, 3.05) is 26.2 Å². The number of piperidine rings is 1. The molecule has 7 heteroatoms. The molecule has 7 nitrogen and oxygen atoms in total. The molecule has 1 amide bonds. The fourth-order valence-electron chi connectivity index (χ4n) is 3.28. The molecule has 1 atom stereocenters. The van der Waals surface area contributed by atoms with Crippen molar-refractivity contribution in [1.82, 2.24) is 20.3 Å². The minimum absolute atomic E-state index is 0.143. The molecule has 1 aromatic carbocycles. The number of aromatic nitrogens is 3. The van der Waals surface area contributed by atoms with Crippen LogP contribution in [0.1, 0.15) is 36.7 Å². The summed E-state index contributed by atoms with van der Waals surface area (Å²) in [5.41, 5.74) is 6.66.